The fourth-order valence-electron chi connectivity index (χ4n) is 2.55. The van der Waals surface area contributed by atoms with Crippen LogP contribution in [-0.4, -0.2) is 29.5 Å². The molecule has 1 heterocycles. The Bertz CT molecular complexity index is 796. The molecule has 1 N–H and O–H groups in total. The highest BCUT2D eigenvalue weighted by Gasteiger charge is 2.33. The van der Waals surface area contributed by atoms with Crippen molar-refractivity contribution in [1.29, 1.82) is 0 Å². The van der Waals surface area contributed by atoms with Crippen molar-refractivity contribution in [3.63, 3.8) is 0 Å². The second-order valence-corrected chi connectivity index (χ2v) is 5.23. The summed E-state index contributed by atoms with van der Waals surface area (Å²) in [5, 5.41) is 17.8. The second kappa shape index (κ2) is 6.44. The Morgan fingerprint density at radius 2 is 1.87 bits per heavy atom. The van der Waals surface area contributed by atoms with Crippen LogP contribution in [0.2, 0.25) is 0 Å². The largest absolute Gasteiger partial charge is 0.507 e. The van der Waals surface area contributed by atoms with Crippen LogP contribution in [-0.2, 0) is 4.79 Å². The number of carbonyl (C=O) groups is 1. The Balaban J connectivity index is 1.93. The number of hydrogen-bond acceptors (Lipinski definition) is 4. The van der Waals surface area contributed by atoms with Crippen molar-refractivity contribution in [2.75, 3.05) is 11.4 Å². The predicted molar refractivity (Wildman–Crippen MR) is 91.3 cm³/mol. The van der Waals surface area contributed by atoms with Crippen molar-refractivity contribution in [2.24, 2.45) is 10.2 Å². The molecule has 0 fully saturated rings. The number of anilines is 1. The van der Waals surface area contributed by atoms with E-state index >= 15 is 0 Å². The van der Waals surface area contributed by atoms with E-state index in [0.717, 1.165) is 17.7 Å². The van der Waals surface area contributed by atoms with Crippen LogP contribution in [0.1, 0.15) is 24.5 Å². The van der Waals surface area contributed by atoms with E-state index < -0.39 is 0 Å². The van der Waals surface area contributed by atoms with E-state index in [4.69, 9.17) is 0 Å². The molecule has 1 aliphatic heterocycles. The molecule has 0 unspecified atom stereocenters. The molecule has 23 heavy (non-hydrogen) atoms. The van der Waals surface area contributed by atoms with E-state index in [9.17, 15) is 9.90 Å². The van der Waals surface area contributed by atoms with E-state index in [1.807, 2.05) is 31.2 Å². The summed E-state index contributed by atoms with van der Waals surface area (Å²) in [5.41, 5.74) is 2.55. The van der Waals surface area contributed by atoms with Crippen LogP contribution >= 0.6 is 0 Å². The minimum absolute atomic E-state index is 0.127. The van der Waals surface area contributed by atoms with E-state index in [2.05, 4.69) is 10.2 Å². The number of phenols is 1. The van der Waals surface area contributed by atoms with Gasteiger partial charge in [-0.3, -0.25) is 4.79 Å². The first-order chi connectivity index (χ1) is 11.2. The third kappa shape index (κ3) is 2.85. The quantitative estimate of drug-likeness (QED) is 0.697. The van der Waals surface area contributed by atoms with Gasteiger partial charge in [0.1, 0.15) is 5.75 Å². The maximum Gasteiger partial charge on any atom is 0.279 e. The van der Waals surface area contributed by atoms with Crippen molar-refractivity contribution in [1.82, 2.24) is 0 Å². The van der Waals surface area contributed by atoms with Crippen LogP contribution < -0.4 is 4.90 Å². The Labute approximate surface area is 134 Å². The molecule has 0 radical (unpaired) electrons. The number of hydrogen-bond donors (Lipinski definition) is 1. The molecule has 5 heteroatoms. The summed E-state index contributed by atoms with van der Waals surface area (Å²) in [7, 11) is 0. The lowest BCUT2D eigenvalue weighted by atomic mass is 10.1. The van der Waals surface area contributed by atoms with Crippen LogP contribution in [0.5, 0.6) is 5.75 Å². The molecule has 116 valence electrons. The molecule has 3 rings (SSSR count). The maximum atomic E-state index is 12.5. The molecule has 1 aliphatic rings. The zero-order valence-corrected chi connectivity index (χ0v) is 12.8. The van der Waals surface area contributed by atoms with Crippen LogP contribution in [0.25, 0.3) is 0 Å². The average molecular weight is 307 g/mol. The first kappa shape index (κ1) is 15.0. The normalized spacial score (nSPS) is 15.6. The number of benzene rings is 2. The summed E-state index contributed by atoms with van der Waals surface area (Å²) < 4.78 is 0. The molecule has 0 atom stereocenters. The Morgan fingerprint density at radius 3 is 2.65 bits per heavy atom. The molecule has 0 bridgehead atoms. The smallest absolute Gasteiger partial charge is 0.279 e. The van der Waals surface area contributed by atoms with E-state index in [0.29, 0.717) is 17.8 Å². The number of para-hydroxylation sites is 2. The predicted octanol–water partition coefficient (Wildman–Crippen LogP) is 2.97. The number of rotatable bonds is 4. The van der Waals surface area contributed by atoms with Gasteiger partial charge in [0.2, 0.25) is 0 Å². The van der Waals surface area contributed by atoms with Gasteiger partial charge >= 0.3 is 0 Å². The Kier molecular flexibility index (Phi) is 4.19. The standard InChI is InChI=1S/C18H17N3O2/c1-2-11-21-15-9-5-4-8-14(15)17(18(21)23)20-19-12-13-7-3-6-10-16(13)22/h3-10,12,22H,2,11H2,1H3/b19-12+,20-17+. The Morgan fingerprint density at radius 1 is 1.13 bits per heavy atom. The molecule has 0 saturated carbocycles. The number of phenolic OH excluding ortho intramolecular Hbond substituents is 1. The van der Waals surface area contributed by atoms with Gasteiger partial charge in [0.25, 0.3) is 5.91 Å². The summed E-state index contributed by atoms with van der Waals surface area (Å²) in [6.45, 7) is 2.68. The molecule has 5 nitrogen and oxygen atoms in total. The number of fused-ring (bicyclic) bond motifs is 1. The summed E-state index contributed by atoms with van der Waals surface area (Å²) >= 11 is 0. The van der Waals surface area contributed by atoms with Crippen molar-refractivity contribution in [2.45, 2.75) is 13.3 Å². The number of carbonyl (C=O) groups excluding carboxylic acids is 1. The van der Waals surface area contributed by atoms with Crippen molar-refractivity contribution < 1.29 is 9.90 Å². The fraction of sp³-hybridized carbons (Fsp3) is 0.167. The van der Waals surface area contributed by atoms with E-state index in [1.54, 1.807) is 29.2 Å². The van der Waals surface area contributed by atoms with Gasteiger partial charge in [0.05, 0.1) is 11.9 Å². The highest BCUT2D eigenvalue weighted by molar-refractivity contribution is 6.54. The topological polar surface area (TPSA) is 65.3 Å². The molecular formula is C18H17N3O2. The zero-order valence-electron chi connectivity index (χ0n) is 12.8. The Hall–Kier alpha value is -2.95. The number of amides is 1. The van der Waals surface area contributed by atoms with Gasteiger partial charge < -0.3 is 10.0 Å². The summed E-state index contributed by atoms with van der Waals surface area (Å²) in [6, 6.07) is 14.4. The van der Waals surface area contributed by atoms with Gasteiger partial charge in [0.15, 0.2) is 5.71 Å². The third-order valence-corrected chi connectivity index (χ3v) is 3.64. The SMILES string of the molecule is CCCN1C(=O)/C(=N/N=C/c2ccccc2O)c2ccccc21. The van der Waals surface area contributed by atoms with Crippen LogP contribution in [0.4, 0.5) is 5.69 Å². The fourth-order valence-corrected chi connectivity index (χ4v) is 2.55. The van der Waals surface area contributed by atoms with E-state index in [1.165, 1.54) is 6.21 Å². The lowest BCUT2D eigenvalue weighted by Crippen LogP contribution is -2.30. The second-order valence-electron chi connectivity index (χ2n) is 5.23. The van der Waals surface area contributed by atoms with Crippen LogP contribution in [0.3, 0.4) is 0 Å². The lowest BCUT2D eigenvalue weighted by Gasteiger charge is -2.14. The summed E-state index contributed by atoms with van der Waals surface area (Å²) in [5.74, 6) is -0.00954. The average Bonchev–Trinajstić information content (AvgIpc) is 2.83. The van der Waals surface area contributed by atoms with E-state index in [-0.39, 0.29) is 11.7 Å². The number of aromatic hydroxyl groups is 1. The van der Waals surface area contributed by atoms with Crippen LogP contribution in [0.15, 0.2) is 58.7 Å². The van der Waals surface area contributed by atoms with Crippen molar-refractivity contribution in [3.05, 3.63) is 59.7 Å². The van der Waals surface area contributed by atoms with Crippen molar-refractivity contribution >= 4 is 23.5 Å². The van der Waals surface area contributed by atoms with Gasteiger partial charge in [-0.15, -0.1) is 5.10 Å². The lowest BCUT2D eigenvalue weighted by molar-refractivity contribution is -0.112. The van der Waals surface area contributed by atoms with Crippen LogP contribution in [0, 0.1) is 0 Å². The van der Waals surface area contributed by atoms with Gasteiger partial charge in [-0.05, 0) is 24.6 Å². The first-order valence-electron chi connectivity index (χ1n) is 7.52. The molecule has 0 spiro atoms. The summed E-state index contributed by atoms with van der Waals surface area (Å²) in [6.07, 6.45) is 2.31. The monoisotopic (exact) mass is 307 g/mol. The number of nitrogens with zero attached hydrogens (tertiary/aromatic N) is 3. The molecule has 0 saturated heterocycles. The zero-order chi connectivity index (χ0) is 16.2. The van der Waals surface area contributed by atoms with Gasteiger partial charge in [-0.25, -0.2) is 0 Å². The first-order valence-corrected chi connectivity index (χ1v) is 7.52. The molecule has 1 amide bonds. The molecule has 2 aromatic rings. The highest BCUT2D eigenvalue weighted by Crippen LogP contribution is 2.29. The van der Waals surface area contributed by atoms with Gasteiger partial charge in [-0.1, -0.05) is 37.3 Å². The minimum atomic E-state index is -0.137. The third-order valence-electron chi connectivity index (χ3n) is 3.64. The van der Waals surface area contributed by atoms with Crippen molar-refractivity contribution in [3.8, 4) is 5.75 Å². The molecular weight excluding hydrogens is 290 g/mol. The van der Waals surface area contributed by atoms with Gasteiger partial charge in [-0.2, -0.15) is 5.10 Å². The van der Waals surface area contributed by atoms with Gasteiger partial charge in [0, 0.05) is 17.7 Å². The highest BCUT2D eigenvalue weighted by atomic mass is 16.3. The molecule has 2 aromatic carbocycles. The maximum absolute atomic E-state index is 12.5. The minimum Gasteiger partial charge on any atom is -0.507 e. The molecule has 0 aromatic heterocycles. The molecule has 0 aliphatic carbocycles. The summed E-state index contributed by atoms with van der Waals surface area (Å²) in [4.78, 5) is 14.3.